The number of benzene rings is 2. The van der Waals surface area contributed by atoms with Crippen LogP contribution in [0.5, 0.6) is 0 Å². The lowest BCUT2D eigenvalue weighted by molar-refractivity contribution is 0.135. The Kier molecular flexibility index (Phi) is 4.12. The maximum atomic E-state index is 11.3. The second kappa shape index (κ2) is 6.37. The van der Waals surface area contributed by atoms with Gasteiger partial charge in [0.25, 0.3) is 0 Å². The maximum Gasteiger partial charge on any atom is 0.134 e. The van der Waals surface area contributed by atoms with Gasteiger partial charge in [-0.25, -0.2) is 0 Å². The molecule has 0 aliphatic carbocycles. The quantitative estimate of drug-likeness (QED) is 0.786. The summed E-state index contributed by atoms with van der Waals surface area (Å²) < 4.78 is 0. The average molecular weight is 287 g/mol. The molecule has 0 bridgehead atoms. The standard InChI is InChI=1S/C20H17NO/c22-20(18-9-5-2-6-10-18,19-12-15-21-16-13-19)14-11-17-7-3-1-4-8-17/h1-16,22H/b14-11-. The Morgan fingerprint density at radius 2 is 1.27 bits per heavy atom. The number of hydrogen-bond donors (Lipinski definition) is 1. The number of nitrogens with zero attached hydrogens (tertiary/aromatic N) is 1. The van der Waals surface area contributed by atoms with Crippen molar-refractivity contribution in [3.63, 3.8) is 0 Å². The topological polar surface area (TPSA) is 33.1 Å². The summed E-state index contributed by atoms with van der Waals surface area (Å²) in [7, 11) is 0. The highest BCUT2D eigenvalue weighted by Gasteiger charge is 2.28. The highest BCUT2D eigenvalue weighted by atomic mass is 16.3. The zero-order valence-corrected chi connectivity index (χ0v) is 12.1. The maximum absolute atomic E-state index is 11.3. The van der Waals surface area contributed by atoms with Crippen molar-refractivity contribution in [3.05, 3.63) is 108 Å². The van der Waals surface area contributed by atoms with Gasteiger partial charge in [-0.05, 0) is 34.9 Å². The van der Waals surface area contributed by atoms with Crippen LogP contribution < -0.4 is 0 Å². The molecule has 0 amide bonds. The van der Waals surface area contributed by atoms with Crippen molar-refractivity contribution < 1.29 is 5.11 Å². The molecular weight excluding hydrogens is 270 g/mol. The Bertz CT molecular complexity index is 697. The minimum absolute atomic E-state index is 0.792. The molecule has 1 heterocycles. The minimum Gasteiger partial charge on any atom is -0.377 e. The van der Waals surface area contributed by atoms with Crippen molar-refractivity contribution >= 4 is 6.08 Å². The number of aromatic nitrogens is 1. The minimum atomic E-state index is -1.18. The third kappa shape index (κ3) is 2.97. The van der Waals surface area contributed by atoms with Crippen LogP contribution in [0.15, 0.2) is 91.3 Å². The van der Waals surface area contributed by atoms with Gasteiger partial charge in [0.05, 0.1) is 0 Å². The van der Waals surface area contributed by atoms with Gasteiger partial charge in [-0.15, -0.1) is 0 Å². The lowest BCUT2D eigenvalue weighted by atomic mass is 9.86. The molecule has 3 rings (SSSR count). The van der Waals surface area contributed by atoms with Crippen molar-refractivity contribution in [1.82, 2.24) is 4.98 Å². The molecule has 2 aromatic carbocycles. The van der Waals surface area contributed by atoms with Crippen LogP contribution in [0.3, 0.4) is 0 Å². The first-order chi connectivity index (χ1) is 10.8. The molecule has 1 unspecified atom stereocenters. The summed E-state index contributed by atoms with van der Waals surface area (Å²) >= 11 is 0. The first-order valence-electron chi connectivity index (χ1n) is 7.22. The summed E-state index contributed by atoms with van der Waals surface area (Å²) in [6.07, 6.45) is 7.15. The zero-order valence-electron chi connectivity index (χ0n) is 12.1. The molecule has 2 nitrogen and oxygen atoms in total. The van der Waals surface area contributed by atoms with E-state index < -0.39 is 5.60 Å². The molecule has 1 aromatic heterocycles. The van der Waals surface area contributed by atoms with Crippen molar-refractivity contribution in [2.75, 3.05) is 0 Å². The van der Waals surface area contributed by atoms with E-state index in [0.717, 1.165) is 16.7 Å². The molecule has 2 heteroatoms. The van der Waals surface area contributed by atoms with Crippen molar-refractivity contribution in [2.24, 2.45) is 0 Å². The van der Waals surface area contributed by atoms with Gasteiger partial charge in [-0.3, -0.25) is 4.98 Å². The first kappa shape index (κ1) is 14.2. The lowest BCUT2D eigenvalue weighted by Crippen LogP contribution is -2.24. The molecule has 0 fully saturated rings. The molecule has 0 saturated carbocycles. The van der Waals surface area contributed by atoms with Crippen LogP contribution in [0.25, 0.3) is 6.08 Å². The third-order valence-electron chi connectivity index (χ3n) is 3.65. The van der Waals surface area contributed by atoms with Crippen LogP contribution in [-0.4, -0.2) is 10.1 Å². The Balaban J connectivity index is 2.06. The van der Waals surface area contributed by atoms with Crippen LogP contribution in [0, 0.1) is 0 Å². The van der Waals surface area contributed by atoms with Gasteiger partial charge >= 0.3 is 0 Å². The van der Waals surface area contributed by atoms with Gasteiger partial charge < -0.3 is 5.11 Å². The van der Waals surface area contributed by atoms with Crippen LogP contribution in [0.2, 0.25) is 0 Å². The second-order valence-electron chi connectivity index (χ2n) is 5.11. The largest absolute Gasteiger partial charge is 0.377 e. The Hall–Kier alpha value is -2.71. The van der Waals surface area contributed by atoms with Gasteiger partial charge in [0.15, 0.2) is 0 Å². The highest BCUT2D eigenvalue weighted by molar-refractivity contribution is 5.54. The van der Waals surface area contributed by atoms with Gasteiger partial charge in [0, 0.05) is 12.4 Å². The van der Waals surface area contributed by atoms with Crippen molar-refractivity contribution in [1.29, 1.82) is 0 Å². The number of hydrogen-bond acceptors (Lipinski definition) is 2. The summed E-state index contributed by atoms with van der Waals surface area (Å²) in [4.78, 5) is 4.04. The summed E-state index contributed by atoms with van der Waals surface area (Å²) in [5.74, 6) is 0. The molecule has 0 aliphatic rings. The smallest absolute Gasteiger partial charge is 0.134 e. The number of aliphatic hydroxyl groups is 1. The van der Waals surface area contributed by atoms with Gasteiger partial charge in [0.2, 0.25) is 0 Å². The van der Waals surface area contributed by atoms with E-state index in [4.69, 9.17) is 0 Å². The van der Waals surface area contributed by atoms with E-state index in [-0.39, 0.29) is 0 Å². The Labute approximate surface area is 130 Å². The molecule has 0 aliphatic heterocycles. The van der Waals surface area contributed by atoms with Gasteiger partial charge in [-0.1, -0.05) is 66.7 Å². The average Bonchev–Trinajstić information content (AvgIpc) is 2.62. The molecular formula is C20H17NO. The molecule has 0 saturated heterocycles. The van der Waals surface area contributed by atoms with Crippen LogP contribution in [0.1, 0.15) is 16.7 Å². The SMILES string of the molecule is OC(/C=C\c1ccccc1)(c1ccccc1)c1ccncc1. The summed E-state index contributed by atoms with van der Waals surface area (Å²) in [6.45, 7) is 0. The van der Waals surface area contributed by atoms with Crippen molar-refractivity contribution in [3.8, 4) is 0 Å². The predicted molar refractivity (Wildman–Crippen MR) is 89.2 cm³/mol. The first-order valence-corrected chi connectivity index (χ1v) is 7.22. The molecule has 0 spiro atoms. The summed E-state index contributed by atoms with van der Waals surface area (Å²) in [5, 5.41) is 11.3. The van der Waals surface area contributed by atoms with Crippen LogP contribution in [0.4, 0.5) is 0 Å². The van der Waals surface area contributed by atoms with E-state index in [0.29, 0.717) is 0 Å². The number of pyridine rings is 1. The van der Waals surface area contributed by atoms with E-state index in [9.17, 15) is 5.11 Å². The van der Waals surface area contributed by atoms with Crippen LogP contribution >= 0.6 is 0 Å². The van der Waals surface area contributed by atoms with Crippen molar-refractivity contribution in [2.45, 2.75) is 5.60 Å². The molecule has 108 valence electrons. The van der Waals surface area contributed by atoms with E-state index in [1.54, 1.807) is 12.4 Å². The van der Waals surface area contributed by atoms with Crippen LogP contribution in [-0.2, 0) is 5.60 Å². The molecule has 1 atom stereocenters. The lowest BCUT2D eigenvalue weighted by Gasteiger charge is -2.25. The Morgan fingerprint density at radius 1 is 0.727 bits per heavy atom. The van der Waals surface area contributed by atoms with Gasteiger partial charge in [-0.2, -0.15) is 0 Å². The van der Waals surface area contributed by atoms with E-state index in [1.165, 1.54) is 0 Å². The third-order valence-corrected chi connectivity index (χ3v) is 3.65. The van der Waals surface area contributed by atoms with Gasteiger partial charge in [0.1, 0.15) is 5.60 Å². The molecule has 0 radical (unpaired) electrons. The summed E-state index contributed by atoms with van der Waals surface area (Å²) in [6, 6.07) is 23.3. The summed E-state index contributed by atoms with van der Waals surface area (Å²) in [5.41, 5.74) is 1.49. The fourth-order valence-corrected chi connectivity index (χ4v) is 2.44. The molecule has 22 heavy (non-hydrogen) atoms. The molecule has 3 aromatic rings. The monoisotopic (exact) mass is 287 g/mol. The van der Waals surface area contributed by atoms with E-state index in [1.807, 2.05) is 84.9 Å². The Morgan fingerprint density at radius 3 is 1.91 bits per heavy atom. The van der Waals surface area contributed by atoms with E-state index >= 15 is 0 Å². The number of rotatable bonds is 4. The normalized spacial score (nSPS) is 13.9. The second-order valence-corrected chi connectivity index (χ2v) is 5.11. The highest BCUT2D eigenvalue weighted by Crippen LogP contribution is 2.31. The fraction of sp³-hybridized carbons (Fsp3) is 0.0500. The predicted octanol–water partition coefficient (Wildman–Crippen LogP) is 4.03. The van der Waals surface area contributed by atoms with E-state index in [2.05, 4.69) is 4.98 Å². The fourth-order valence-electron chi connectivity index (χ4n) is 2.44. The molecule has 1 N–H and O–H groups in total. The zero-order chi connectivity index (χ0) is 15.3.